The lowest BCUT2D eigenvalue weighted by Gasteiger charge is -2.16. The Hall–Kier alpha value is -3.35. The number of amides is 3. The van der Waals surface area contributed by atoms with Gasteiger partial charge in [-0.25, -0.2) is 4.90 Å². The summed E-state index contributed by atoms with van der Waals surface area (Å²) in [6.07, 6.45) is 0. The van der Waals surface area contributed by atoms with E-state index in [2.05, 4.69) is 5.32 Å². The van der Waals surface area contributed by atoms with Crippen LogP contribution in [0, 0.1) is 6.92 Å². The number of carbonyl (C=O) groups excluding carboxylic acids is 3. The number of imide groups is 1. The maximum atomic E-state index is 12.6. The highest BCUT2D eigenvalue weighted by Gasteiger charge is 2.36. The number of nitrogens with one attached hydrogen (secondary N) is 1. The summed E-state index contributed by atoms with van der Waals surface area (Å²) in [7, 11) is 0. The van der Waals surface area contributed by atoms with Gasteiger partial charge in [0, 0.05) is 5.02 Å². The Kier molecular flexibility index (Phi) is 5.67. The number of ether oxygens (including phenoxy) is 1. The maximum Gasteiger partial charge on any atom is 0.266 e. The van der Waals surface area contributed by atoms with E-state index >= 15 is 0 Å². The number of halogens is 2. The molecule has 0 saturated carbocycles. The number of carbonyl (C=O) groups is 3. The molecule has 31 heavy (non-hydrogen) atoms. The first-order valence-corrected chi connectivity index (χ1v) is 10.1. The van der Waals surface area contributed by atoms with E-state index in [-0.39, 0.29) is 11.6 Å². The van der Waals surface area contributed by atoms with E-state index < -0.39 is 17.7 Å². The molecule has 0 aromatic heterocycles. The molecule has 0 radical (unpaired) electrons. The smallest absolute Gasteiger partial charge is 0.266 e. The summed E-state index contributed by atoms with van der Waals surface area (Å²) in [4.78, 5) is 38.5. The van der Waals surface area contributed by atoms with Crippen LogP contribution in [0.3, 0.4) is 0 Å². The summed E-state index contributed by atoms with van der Waals surface area (Å²) >= 11 is 12.3. The van der Waals surface area contributed by atoms with E-state index in [0.29, 0.717) is 33.3 Å². The zero-order valence-electron chi connectivity index (χ0n) is 16.3. The van der Waals surface area contributed by atoms with E-state index in [1.54, 1.807) is 48.5 Å². The van der Waals surface area contributed by atoms with Crippen molar-refractivity contribution in [2.75, 3.05) is 16.8 Å². The van der Waals surface area contributed by atoms with Crippen LogP contribution in [0.2, 0.25) is 10.0 Å². The molecule has 3 amide bonds. The zero-order chi connectivity index (χ0) is 22.1. The van der Waals surface area contributed by atoms with E-state index in [1.165, 1.54) is 12.1 Å². The molecule has 1 aliphatic heterocycles. The molecule has 0 unspecified atom stereocenters. The third-order valence-electron chi connectivity index (χ3n) is 4.78. The van der Waals surface area contributed by atoms with Crippen LogP contribution >= 0.6 is 23.2 Å². The van der Waals surface area contributed by atoms with Gasteiger partial charge in [0.25, 0.3) is 17.7 Å². The highest BCUT2D eigenvalue weighted by Crippen LogP contribution is 2.33. The van der Waals surface area contributed by atoms with Crippen molar-refractivity contribution in [3.63, 3.8) is 0 Å². The van der Waals surface area contributed by atoms with Gasteiger partial charge < -0.3 is 10.1 Å². The Balaban J connectivity index is 1.44. The average molecular weight is 455 g/mol. The van der Waals surface area contributed by atoms with Crippen LogP contribution in [0.5, 0.6) is 5.75 Å². The van der Waals surface area contributed by atoms with Gasteiger partial charge in [0.1, 0.15) is 5.75 Å². The number of nitrogens with zero attached hydrogens (tertiary/aromatic N) is 1. The molecule has 1 N–H and O–H groups in total. The van der Waals surface area contributed by atoms with Gasteiger partial charge in [0.2, 0.25) is 0 Å². The molecular weight excluding hydrogens is 439 g/mol. The number of fused-ring (bicyclic) bond motifs is 1. The molecule has 0 atom stereocenters. The minimum atomic E-state index is -0.417. The second-order valence-corrected chi connectivity index (χ2v) is 7.72. The van der Waals surface area contributed by atoms with Gasteiger partial charge in [0.15, 0.2) is 6.61 Å². The Bertz CT molecular complexity index is 1190. The Labute approximate surface area is 188 Å². The fourth-order valence-electron chi connectivity index (χ4n) is 3.21. The largest absolute Gasteiger partial charge is 0.484 e. The fourth-order valence-corrected chi connectivity index (χ4v) is 3.55. The lowest BCUT2D eigenvalue weighted by molar-refractivity contribution is -0.118. The van der Waals surface area contributed by atoms with Crippen LogP contribution in [0.1, 0.15) is 26.3 Å². The van der Waals surface area contributed by atoms with Crippen molar-refractivity contribution in [3.05, 3.63) is 87.4 Å². The summed E-state index contributed by atoms with van der Waals surface area (Å²) in [5, 5.41) is 3.45. The first kappa shape index (κ1) is 20.9. The van der Waals surface area contributed by atoms with Crippen molar-refractivity contribution in [2.24, 2.45) is 0 Å². The van der Waals surface area contributed by atoms with Gasteiger partial charge >= 0.3 is 0 Å². The van der Waals surface area contributed by atoms with Crippen LogP contribution in [-0.2, 0) is 4.79 Å². The van der Waals surface area contributed by atoms with Crippen LogP contribution in [0.4, 0.5) is 11.4 Å². The van der Waals surface area contributed by atoms with Gasteiger partial charge in [-0.1, -0.05) is 35.3 Å². The van der Waals surface area contributed by atoms with Crippen molar-refractivity contribution in [1.29, 1.82) is 0 Å². The minimum absolute atomic E-state index is 0.185. The SMILES string of the molecule is Cc1cc(OCC(=O)Nc2ccc(N3C(=O)c4ccccc4C3=O)cc2Cl)ccc1Cl. The van der Waals surface area contributed by atoms with Gasteiger partial charge in [-0.2, -0.15) is 0 Å². The summed E-state index contributed by atoms with van der Waals surface area (Å²) < 4.78 is 5.47. The van der Waals surface area contributed by atoms with Crippen molar-refractivity contribution < 1.29 is 19.1 Å². The van der Waals surface area contributed by atoms with Crippen molar-refractivity contribution in [3.8, 4) is 5.75 Å². The van der Waals surface area contributed by atoms with Crippen molar-refractivity contribution in [2.45, 2.75) is 6.92 Å². The molecule has 0 saturated heterocycles. The number of benzene rings is 3. The lowest BCUT2D eigenvalue weighted by atomic mass is 10.1. The minimum Gasteiger partial charge on any atom is -0.484 e. The van der Waals surface area contributed by atoms with E-state index in [9.17, 15) is 14.4 Å². The standard InChI is InChI=1S/C23H16Cl2N2O4/c1-13-10-15(7-8-18(13)24)31-12-21(28)26-20-9-6-14(11-19(20)25)27-22(29)16-4-2-3-5-17(16)23(27)30/h2-11H,12H2,1H3,(H,26,28). The van der Waals surface area contributed by atoms with Crippen molar-refractivity contribution >= 4 is 52.3 Å². The second-order valence-electron chi connectivity index (χ2n) is 6.90. The molecule has 1 heterocycles. The summed E-state index contributed by atoms with van der Waals surface area (Å²) in [5.74, 6) is -0.729. The highest BCUT2D eigenvalue weighted by atomic mass is 35.5. The first-order valence-electron chi connectivity index (χ1n) is 9.31. The number of anilines is 2. The molecule has 0 fully saturated rings. The molecule has 4 rings (SSSR count). The van der Waals surface area contributed by atoms with Crippen molar-refractivity contribution in [1.82, 2.24) is 0 Å². The zero-order valence-corrected chi connectivity index (χ0v) is 17.8. The normalized spacial score (nSPS) is 12.7. The molecule has 1 aliphatic rings. The molecule has 3 aromatic carbocycles. The van der Waals surface area contributed by atoms with Gasteiger partial charge in [-0.3, -0.25) is 14.4 Å². The van der Waals surface area contributed by atoms with Gasteiger partial charge in [-0.15, -0.1) is 0 Å². The number of aryl methyl sites for hydroxylation is 1. The number of hydrogen-bond donors (Lipinski definition) is 1. The van der Waals surface area contributed by atoms with Crippen LogP contribution in [-0.4, -0.2) is 24.3 Å². The van der Waals surface area contributed by atoms with E-state index in [4.69, 9.17) is 27.9 Å². The Morgan fingerprint density at radius 3 is 2.23 bits per heavy atom. The van der Waals surface area contributed by atoms with Crippen LogP contribution in [0.25, 0.3) is 0 Å². The molecule has 3 aromatic rings. The molecule has 6 nitrogen and oxygen atoms in total. The number of rotatable bonds is 5. The summed E-state index contributed by atoms with van der Waals surface area (Å²) in [6.45, 7) is 1.61. The Morgan fingerprint density at radius 1 is 0.935 bits per heavy atom. The predicted molar refractivity (Wildman–Crippen MR) is 119 cm³/mol. The lowest BCUT2D eigenvalue weighted by Crippen LogP contribution is -2.29. The van der Waals surface area contributed by atoms with Crippen LogP contribution in [0.15, 0.2) is 60.7 Å². The fraction of sp³-hybridized carbons (Fsp3) is 0.0870. The maximum absolute atomic E-state index is 12.6. The third kappa shape index (κ3) is 4.13. The monoisotopic (exact) mass is 454 g/mol. The summed E-state index contributed by atoms with van der Waals surface area (Å²) in [5.41, 5.74) is 2.18. The predicted octanol–water partition coefficient (Wildman–Crippen LogP) is 5.12. The number of hydrogen-bond acceptors (Lipinski definition) is 4. The van der Waals surface area contributed by atoms with E-state index in [0.717, 1.165) is 10.5 Å². The molecule has 8 heteroatoms. The molecule has 156 valence electrons. The molecular formula is C23H16Cl2N2O4. The molecule has 0 spiro atoms. The summed E-state index contributed by atoms with van der Waals surface area (Å²) in [6, 6.07) is 16.3. The van der Waals surface area contributed by atoms with E-state index in [1.807, 2.05) is 6.92 Å². The average Bonchev–Trinajstić information content (AvgIpc) is 3.01. The van der Waals surface area contributed by atoms with Gasteiger partial charge in [0.05, 0.1) is 27.5 Å². The van der Waals surface area contributed by atoms with Gasteiger partial charge in [-0.05, 0) is 61.0 Å². The first-order chi connectivity index (χ1) is 14.8. The molecule has 0 bridgehead atoms. The quantitative estimate of drug-likeness (QED) is 0.542. The molecule has 0 aliphatic carbocycles. The van der Waals surface area contributed by atoms with Crippen LogP contribution < -0.4 is 15.0 Å². The topological polar surface area (TPSA) is 75.7 Å². The second kappa shape index (κ2) is 8.41. The third-order valence-corrected chi connectivity index (χ3v) is 5.52. The highest BCUT2D eigenvalue weighted by molar-refractivity contribution is 6.36. The Morgan fingerprint density at radius 2 is 1.61 bits per heavy atom.